The summed E-state index contributed by atoms with van der Waals surface area (Å²) in [6.07, 6.45) is 4.47. The zero-order valence-corrected chi connectivity index (χ0v) is 11.8. The van der Waals surface area contributed by atoms with Gasteiger partial charge in [0.25, 0.3) is 0 Å². The van der Waals surface area contributed by atoms with E-state index in [1.165, 1.54) is 0 Å². The summed E-state index contributed by atoms with van der Waals surface area (Å²) in [6.45, 7) is 0.485. The van der Waals surface area contributed by atoms with Gasteiger partial charge in [-0.1, -0.05) is 42.5 Å². The number of rotatable bonds is 5. The summed E-state index contributed by atoms with van der Waals surface area (Å²) in [5.74, 6) is -0.220. The van der Waals surface area contributed by atoms with Crippen molar-refractivity contribution in [2.45, 2.75) is 6.61 Å². The van der Waals surface area contributed by atoms with Gasteiger partial charge in [0.05, 0.1) is 5.52 Å². The maximum absolute atomic E-state index is 10.6. The second-order valence-corrected chi connectivity index (χ2v) is 4.87. The molecule has 0 unspecified atom stereocenters. The monoisotopic (exact) mass is 293 g/mol. The van der Waals surface area contributed by atoms with Crippen LogP contribution in [0.4, 0.5) is 0 Å². The topological polar surface area (TPSA) is 62.3 Å². The molecule has 0 aliphatic heterocycles. The summed E-state index contributed by atoms with van der Waals surface area (Å²) in [5, 5.41) is 9.66. The Balaban J connectivity index is 1.86. The summed E-state index contributed by atoms with van der Waals surface area (Å²) in [5.41, 5.74) is 2.78. The minimum absolute atomic E-state index is 0.485. The molecule has 0 radical (unpaired) electrons. The van der Waals surface area contributed by atoms with Crippen LogP contribution in [-0.4, -0.2) is 16.1 Å². The van der Waals surface area contributed by atoms with Crippen LogP contribution in [-0.2, 0) is 11.4 Å². The van der Waals surface area contributed by atoms with Crippen LogP contribution in [0.3, 0.4) is 0 Å². The number of hydrogen-bond donors (Lipinski definition) is 2. The number of carboxylic acids is 1. The molecule has 22 heavy (non-hydrogen) atoms. The van der Waals surface area contributed by atoms with Crippen molar-refractivity contribution in [1.29, 1.82) is 0 Å². The summed E-state index contributed by atoms with van der Waals surface area (Å²) in [4.78, 5) is 13.8. The predicted molar refractivity (Wildman–Crippen MR) is 85.7 cm³/mol. The van der Waals surface area contributed by atoms with Crippen LogP contribution in [0, 0.1) is 0 Å². The number of aromatic nitrogens is 1. The normalized spacial score (nSPS) is 11.1. The van der Waals surface area contributed by atoms with Crippen LogP contribution in [0.25, 0.3) is 17.0 Å². The zero-order chi connectivity index (χ0) is 15.4. The molecule has 0 aliphatic rings. The molecule has 0 saturated carbocycles. The first-order valence-corrected chi connectivity index (χ1v) is 6.92. The van der Waals surface area contributed by atoms with E-state index in [0.29, 0.717) is 6.61 Å². The molecule has 0 spiro atoms. The van der Waals surface area contributed by atoms with Crippen molar-refractivity contribution in [2.24, 2.45) is 0 Å². The van der Waals surface area contributed by atoms with E-state index in [2.05, 4.69) is 4.98 Å². The number of carboxylic acid groups (broad SMARTS) is 1. The van der Waals surface area contributed by atoms with Crippen molar-refractivity contribution in [2.75, 3.05) is 0 Å². The van der Waals surface area contributed by atoms with Gasteiger partial charge in [0.1, 0.15) is 12.4 Å². The first-order chi connectivity index (χ1) is 10.7. The standard InChI is InChI=1S/C18H15NO3/c20-17(21)10-9-14-11-19-18-15(14)7-4-8-16(18)22-12-13-5-2-1-3-6-13/h1-11,19H,12H2,(H,20,21)/b10-9+. The fourth-order valence-corrected chi connectivity index (χ4v) is 2.30. The minimum Gasteiger partial charge on any atom is -0.487 e. The molecule has 4 heteroatoms. The molecule has 0 amide bonds. The Morgan fingerprint density at radius 3 is 2.73 bits per heavy atom. The van der Waals surface area contributed by atoms with Crippen LogP contribution in [0.5, 0.6) is 5.75 Å². The van der Waals surface area contributed by atoms with E-state index in [9.17, 15) is 4.79 Å². The molecule has 3 rings (SSSR count). The third kappa shape index (κ3) is 3.01. The van der Waals surface area contributed by atoms with E-state index in [1.807, 2.05) is 48.5 Å². The molecular weight excluding hydrogens is 278 g/mol. The number of para-hydroxylation sites is 1. The van der Waals surface area contributed by atoms with Gasteiger partial charge in [-0.15, -0.1) is 0 Å². The number of hydrogen-bond acceptors (Lipinski definition) is 2. The predicted octanol–water partition coefficient (Wildman–Crippen LogP) is 3.84. The summed E-state index contributed by atoms with van der Waals surface area (Å²) < 4.78 is 5.87. The number of fused-ring (bicyclic) bond motifs is 1. The second kappa shape index (κ2) is 6.18. The van der Waals surface area contributed by atoms with E-state index >= 15 is 0 Å². The molecule has 2 N–H and O–H groups in total. The molecule has 0 bridgehead atoms. The van der Waals surface area contributed by atoms with Gasteiger partial charge in [-0.25, -0.2) is 4.79 Å². The zero-order valence-electron chi connectivity index (χ0n) is 11.8. The van der Waals surface area contributed by atoms with Gasteiger partial charge in [0, 0.05) is 23.2 Å². The Hall–Kier alpha value is -3.01. The van der Waals surface area contributed by atoms with Crippen LogP contribution in [0.1, 0.15) is 11.1 Å². The number of ether oxygens (including phenoxy) is 1. The van der Waals surface area contributed by atoms with Gasteiger partial charge in [-0.3, -0.25) is 0 Å². The molecule has 2 aromatic carbocycles. The van der Waals surface area contributed by atoms with Gasteiger partial charge in [0.15, 0.2) is 0 Å². The minimum atomic E-state index is -0.967. The maximum Gasteiger partial charge on any atom is 0.328 e. The van der Waals surface area contributed by atoms with Gasteiger partial charge in [0.2, 0.25) is 0 Å². The Morgan fingerprint density at radius 1 is 1.14 bits per heavy atom. The number of aliphatic carboxylic acids is 1. The number of nitrogens with one attached hydrogen (secondary N) is 1. The van der Waals surface area contributed by atoms with E-state index in [-0.39, 0.29) is 0 Å². The van der Waals surface area contributed by atoms with E-state index in [0.717, 1.165) is 33.9 Å². The smallest absolute Gasteiger partial charge is 0.328 e. The highest BCUT2D eigenvalue weighted by Crippen LogP contribution is 2.28. The lowest BCUT2D eigenvalue weighted by Gasteiger charge is -2.07. The van der Waals surface area contributed by atoms with Crippen LogP contribution in [0.15, 0.2) is 60.8 Å². The third-order valence-corrected chi connectivity index (χ3v) is 3.35. The van der Waals surface area contributed by atoms with Crippen molar-refractivity contribution < 1.29 is 14.6 Å². The molecule has 3 aromatic rings. The molecule has 4 nitrogen and oxygen atoms in total. The highest BCUT2D eigenvalue weighted by Gasteiger charge is 2.07. The van der Waals surface area contributed by atoms with Gasteiger partial charge >= 0.3 is 5.97 Å². The lowest BCUT2D eigenvalue weighted by Crippen LogP contribution is -1.95. The Kier molecular flexibility index (Phi) is 3.92. The van der Waals surface area contributed by atoms with Gasteiger partial charge < -0.3 is 14.8 Å². The van der Waals surface area contributed by atoms with E-state index in [4.69, 9.17) is 9.84 Å². The second-order valence-electron chi connectivity index (χ2n) is 4.87. The first kappa shape index (κ1) is 13.9. The summed E-state index contributed by atoms with van der Waals surface area (Å²) >= 11 is 0. The van der Waals surface area contributed by atoms with Crippen LogP contribution >= 0.6 is 0 Å². The fraction of sp³-hybridized carbons (Fsp3) is 0.0556. The molecule has 0 fully saturated rings. The SMILES string of the molecule is O=C(O)/C=C/c1c[nH]c2c(OCc3ccccc3)cccc12. The number of benzene rings is 2. The average Bonchev–Trinajstić information content (AvgIpc) is 2.95. The van der Waals surface area contributed by atoms with Crippen LogP contribution in [0.2, 0.25) is 0 Å². The largest absolute Gasteiger partial charge is 0.487 e. The Bertz CT molecular complexity index is 819. The first-order valence-electron chi connectivity index (χ1n) is 6.92. The van der Waals surface area contributed by atoms with Crippen molar-refractivity contribution in [1.82, 2.24) is 4.98 Å². The number of aromatic amines is 1. The summed E-state index contributed by atoms with van der Waals surface area (Å²) in [7, 11) is 0. The van der Waals surface area contributed by atoms with E-state index < -0.39 is 5.97 Å². The van der Waals surface area contributed by atoms with Crippen molar-refractivity contribution in [3.63, 3.8) is 0 Å². The van der Waals surface area contributed by atoms with Crippen molar-refractivity contribution >= 4 is 22.9 Å². The van der Waals surface area contributed by atoms with E-state index in [1.54, 1.807) is 12.3 Å². The number of carbonyl (C=O) groups is 1. The average molecular weight is 293 g/mol. The van der Waals surface area contributed by atoms with Crippen molar-refractivity contribution in [3.05, 3.63) is 71.9 Å². The van der Waals surface area contributed by atoms with Gasteiger partial charge in [-0.2, -0.15) is 0 Å². The van der Waals surface area contributed by atoms with Gasteiger partial charge in [-0.05, 0) is 17.7 Å². The highest BCUT2D eigenvalue weighted by molar-refractivity contribution is 5.95. The molecule has 0 aliphatic carbocycles. The fourth-order valence-electron chi connectivity index (χ4n) is 2.30. The quantitative estimate of drug-likeness (QED) is 0.702. The molecule has 1 heterocycles. The molecular formula is C18H15NO3. The molecule has 0 saturated heterocycles. The summed E-state index contributed by atoms with van der Waals surface area (Å²) in [6, 6.07) is 15.7. The Labute approximate surface area is 127 Å². The van der Waals surface area contributed by atoms with Crippen LogP contribution < -0.4 is 4.74 Å². The third-order valence-electron chi connectivity index (χ3n) is 3.35. The Morgan fingerprint density at radius 2 is 1.95 bits per heavy atom. The lowest BCUT2D eigenvalue weighted by molar-refractivity contribution is -0.131. The van der Waals surface area contributed by atoms with Crippen molar-refractivity contribution in [3.8, 4) is 5.75 Å². The molecule has 0 atom stereocenters. The molecule has 1 aromatic heterocycles. The highest BCUT2D eigenvalue weighted by atomic mass is 16.5. The number of H-pyrrole nitrogens is 1. The lowest BCUT2D eigenvalue weighted by atomic mass is 10.1. The molecule has 110 valence electrons. The maximum atomic E-state index is 10.6.